The summed E-state index contributed by atoms with van der Waals surface area (Å²) < 4.78 is 5.45. The van der Waals surface area contributed by atoms with Gasteiger partial charge in [-0.2, -0.15) is 0 Å². The number of esters is 1. The minimum atomic E-state index is -1.06. The first-order valence-electron chi connectivity index (χ1n) is 7.23. The van der Waals surface area contributed by atoms with Crippen molar-refractivity contribution in [3.8, 4) is 12.3 Å². The van der Waals surface area contributed by atoms with Crippen LogP contribution in [0.25, 0.3) is 0 Å². The van der Waals surface area contributed by atoms with E-state index in [-0.39, 0.29) is 26.5 Å². The molecule has 0 N–H and O–H groups in total. The number of nitrogens with zero attached hydrogens (tertiary/aromatic N) is 1. The second-order valence-electron chi connectivity index (χ2n) is 6.23. The Morgan fingerprint density at radius 1 is 1.48 bits per heavy atom. The third-order valence-electron chi connectivity index (χ3n) is 4.33. The summed E-state index contributed by atoms with van der Waals surface area (Å²) in [5, 5.41) is 11.0. The Balaban J connectivity index is 2.20. The van der Waals surface area contributed by atoms with Crippen LogP contribution in [0, 0.1) is 39.7 Å². The van der Waals surface area contributed by atoms with Gasteiger partial charge < -0.3 is 4.74 Å². The number of nitro benzene ring substituents is 1. The van der Waals surface area contributed by atoms with Crippen molar-refractivity contribution >= 4 is 46.5 Å². The molecule has 2 rings (SSSR count). The van der Waals surface area contributed by atoms with Crippen LogP contribution in [0.2, 0.25) is 5.02 Å². The highest BCUT2D eigenvalue weighted by Gasteiger charge is 2.61. The van der Waals surface area contributed by atoms with Gasteiger partial charge in [0.15, 0.2) is 6.10 Å². The smallest absolute Gasteiger partial charge is 0.311 e. The highest BCUT2D eigenvalue weighted by atomic mass is 35.5. The van der Waals surface area contributed by atoms with Crippen molar-refractivity contribution < 1.29 is 14.5 Å². The number of carbonyl (C=O) groups excluding carboxylic acids is 1. The first-order valence-corrected chi connectivity index (χ1v) is 8.36. The van der Waals surface area contributed by atoms with Gasteiger partial charge in [-0.15, -0.1) is 6.42 Å². The summed E-state index contributed by atoms with van der Waals surface area (Å²) in [5.74, 6) is 1.20. The summed E-state index contributed by atoms with van der Waals surface area (Å²) >= 11 is 17.1. The molecule has 0 aliphatic heterocycles. The predicted octanol–water partition coefficient (Wildman–Crippen LogP) is 5.06. The lowest BCUT2D eigenvalue weighted by atomic mass is 10.1. The van der Waals surface area contributed by atoms with E-state index >= 15 is 0 Å². The van der Waals surface area contributed by atoms with Gasteiger partial charge in [-0.25, -0.2) is 0 Å². The molecule has 0 bridgehead atoms. The molecule has 25 heavy (non-hydrogen) atoms. The zero-order chi connectivity index (χ0) is 18.9. The number of terminal acetylenes is 1. The molecule has 5 nitrogen and oxygen atoms in total. The number of nitro groups is 1. The fourth-order valence-electron chi connectivity index (χ4n) is 2.80. The highest BCUT2D eigenvalue weighted by Crippen LogP contribution is 2.60. The molecule has 0 aromatic heterocycles. The van der Waals surface area contributed by atoms with Crippen LogP contribution in [-0.4, -0.2) is 10.9 Å². The van der Waals surface area contributed by atoms with E-state index in [4.69, 9.17) is 46.0 Å². The number of ether oxygens (including phenoxy) is 1. The van der Waals surface area contributed by atoms with Crippen LogP contribution < -0.4 is 0 Å². The maximum Gasteiger partial charge on any atom is 0.311 e. The van der Waals surface area contributed by atoms with Gasteiger partial charge in [0.2, 0.25) is 0 Å². The maximum absolute atomic E-state index is 12.4. The van der Waals surface area contributed by atoms with Crippen LogP contribution in [0.1, 0.15) is 25.5 Å². The highest BCUT2D eigenvalue weighted by molar-refractivity contribution is 6.55. The van der Waals surface area contributed by atoms with Crippen LogP contribution in [0.4, 0.5) is 5.69 Å². The van der Waals surface area contributed by atoms with Gasteiger partial charge in [0, 0.05) is 11.6 Å². The van der Waals surface area contributed by atoms with Crippen molar-refractivity contribution in [2.24, 2.45) is 17.3 Å². The van der Waals surface area contributed by atoms with Crippen LogP contribution in [-0.2, 0) is 9.53 Å². The van der Waals surface area contributed by atoms with Crippen molar-refractivity contribution in [3.05, 3.63) is 49.5 Å². The average molecular weight is 403 g/mol. The van der Waals surface area contributed by atoms with Crippen molar-refractivity contribution in [1.82, 2.24) is 0 Å². The molecule has 1 aromatic carbocycles. The van der Waals surface area contributed by atoms with Gasteiger partial charge in [0.25, 0.3) is 5.69 Å². The van der Waals surface area contributed by atoms with E-state index in [0.717, 1.165) is 0 Å². The molecule has 8 heteroatoms. The van der Waals surface area contributed by atoms with E-state index in [2.05, 4.69) is 5.92 Å². The molecule has 1 aliphatic carbocycles. The fraction of sp³-hybridized carbons (Fsp3) is 0.353. The number of halogens is 3. The van der Waals surface area contributed by atoms with Crippen LogP contribution >= 0.6 is 34.8 Å². The maximum atomic E-state index is 12.4. The predicted molar refractivity (Wildman–Crippen MR) is 96.3 cm³/mol. The van der Waals surface area contributed by atoms with Gasteiger partial charge >= 0.3 is 5.97 Å². The quantitative estimate of drug-likeness (QED) is 0.299. The zero-order valence-electron chi connectivity index (χ0n) is 13.3. The lowest BCUT2D eigenvalue weighted by Gasteiger charge is -2.13. The lowest BCUT2D eigenvalue weighted by molar-refractivity contribution is -0.384. The Kier molecular flexibility index (Phi) is 5.68. The molecule has 0 heterocycles. The standard InChI is InChI=1S/C17H14Cl3NO4/c1-4-13(9-5-6-11(18)12(7-9)21(23)24)25-16(22)15-10(8-14(19)20)17(15,2)3/h1,5-8,10,13,15H,2-3H3. The van der Waals surface area contributed by atoms with Crippen molar-refractivity contribution in [2.45, 2.75) is 20.0 Å². The number of hydrogen-bond donors (Lipinski definition) is 0. The number of benzene rings is 1. The summed E-state index contributed by atoms with van der Waals surface area (Å²) in [6, 6.07) is 4.02. The molecular weight excluding hydrogens is 389 g/mol. The van der Waals surface area contributed by atoms with Crippen molar-refractivity contribution in [2.75, 3.05) is 0 Å². The summed E-state index contributed by atoms with van der Waals surface area (Å²) in [6.07, 6.45) is 5.97. The molecule has 132 valence electrons. The third kappa shape index (κ3) is 4.09. The Labute approximate surface area is 160 Å². The normalized spacial score (nSPS) is 21.6. The largest absolute Gasteiger partial charge is 0.444 e. The van der Waals surface area contributed by atoms with E-state index in [1.165, 1.54) is 18.2 Å². The number of allylic oxidation sites excluding steroid dienone is 1. The van der Waals surface area contributed by atoms with E-state index in [1.807, 2.05) is 13.8 Å². The third-order valence-corrected chi connectivity index (χ3v) is 4.90. The monoisotopic (exact) mass is 401 g/mol. The molecule has 1 fully saturated rings. The van der Waals surface area contributed by atoms with Crippen molar-refractivity contribution in [1.29, 1.82) is 0 Å². The Morgan fingerprint density at radius 2 is 2.12 bits per heavy atom. The first-order chi connectivity index (χ1) is 11.6. The SMILES string of the molecule is C#CC(OC(=O)C1C(C=C(Cl)Cl)C1(C)C)c1ccc(Cl)c([N+](=O)[O-])c1. The van der Waals surface area contributed by atoms with Gasteiger partial charge in [-0.1, -0.05) is 60.6 Å². The lowest BCUT2D eigenvalue weighted by Crippen LogP contribution is -2.14. The summed E-state index contributed by atoms with van der Waals surface area (Å²) in [5.41, 5.74) is -0.373. The molecular formula is C17H14Cl3NO4. The van der Waals surface area contributed by atoms with Gasteiger partial charge in [0.1, 0.15) is 9.51 Å². The second kappa shape index (κ2) is 7.25. The molecule has 3 unspecified atom stereocenters. The number of rotatable bonds is 5. The summed E-state index contributed by atoms with van der Waals surface area (Å²) in [6.45, 7) is 3.77. The molecule has 0 spiro atoms. The van der Waals surface area contributed by atoms with Crippen LogP contribution in [0.3, 0.4) is 0 Å². The molecule has 0 radical (unpaired) electrons. The molecule has 3 atom stereocenters. The molecule has 1 saturated carbocycles. The number of hydrogen-bond acceptors (Lipinski definition) is 4. The van der Waals surface area contributed by atoms with Gasteiger partial charge in [-0.05, 0) is 23.5 Å². The van der Waals surface area contributed by atoms with E-state index in [9.17, 15) is 14.9 Å². The topological polar surface area (TPSA) is 69.4 Å². The second-order valence-corrected chi connectivity index (χ2v) is 7.65. The summed E-state index contributed by atoms with van der Waals surface area (Å²) in [4.78, 5) is 22.8. The Morgan fingerprint density at radius 3 is 2.64 bits per heavy atom. The minimum Gasteiger partial charge on any atom is -0.444 e. The summed E-state index contributed by atoms with van der Waals surface area (Å²) in [7, 11) is 0. The molecule has 0 saturated heterocycles. The van der Waals surface area contributed by atoms with E-state index < -0.39 is 22.9 Å². The molecule has 1 aliphatic rings. The minimum absolute atomic E-state index is 0.0267. The molecule has 1 aromatic rings. The average Bonchev–Trinajstić information content (AvgIpc) is 3.05. The first kappa shape index (κ1) is 19.6. The van der Waals surface area contributed by atoms with Crippen molar-refractivity contribution in [3.63, 3.8) is 0 Å². The van der Waals surface area contributed by atoms with Gasteiger partial charge in [-0.3, -0.25) is 14.9 Å². The van der Waals surface area contributed by atoms with Crippen LogP contribution in [0.15, 0.2) is 28.8 Å². The van der Waals surface area contributed by atoms with E-state index in [0.29, 0.717) is 5.56 Å². The number of carbonyl (C=O) groups is 1. The van der Waals surface area contributed by atoms with Gasteiger partial charge in [0.05, 0.1) is 10.8 Å². The van der Waals surface area contributed by atoms with E-state index in [1.54, 1.807) is 6.08 Å². The molecule has 0 amide bonds. The Bertz CT molecular complexity index is 794. The fourth-order valence-corrected chi connectivity index (χ4v) is 3.25. The van der Waals surface area contributed by atoms with Crippen LogP contribution in [0.5, 0.6) is 0 Å². The Hall–Kier alpha value is -1.74. The zero-order valence-corrected chi connectivity index (χ0v) is 15.6.